The SMILES string of the molecule is CCCCCOC(=O)/C=C/c1ccc(N)cc1. The molecule has 0 aliphatic heterocycles. The highest BCUT2D eigenvalue weighted by Gasteiger charge is 1.96. The number of carbonyl (C=O) groups excluding carboxylic acids is 1. The first kappa shape index (κ1) is 13.3. The molecule has 0 heterocycles. The fourth-order valence-electron chi connectivity index (χ4n) is 1.34. The third-order valence-corrected chi connectivity index (χ3v) is 2.34. The van der Waals surface area contributed by atoms with E-state index in [1.54, 1.807) is 18.2 Å². The molecule has 0 aliphatic rings. The zero-order chi connectivity index (χ0) is 12.5. The number of ether oxygens (including phenoxy) is 1. The largest absolute Gasteiger partial charge is 0.463 e. The van der Waals surface area contributed by atoms with Gasteiger partial charge in [0.15, 0.2) is 0 Å². The van der Waals surface area contributed by atoms with Gasteiger partial charge in [-0.3, -0.25) is 0 Å². The number of carbonyl (C=O) groups is 1. The van der Waals surface area contributed by atoms with Crippen molar-refractivity contribution in [1.82, 2.24) is 0 Å². The van der Waals surface area contributed by atoms with Gasteiger partial charge in [-0.1, -0.05) is 31.9 Å². The summed E-state index contributed by atoms with van der Waals surface area (Å²) in [5, 5.41) is 0. The van der Waals surface area contributed by atoms with Gasteiger partial charge in [0.25, 0.3) is 0 Å². The number of anilines is 1. The number of nitrogen functional groups attached to an aromatic ring is 1. The first-order valence-electron chi connectivity index (χ1n) is 5.92. The van der Waals surface area contributed by atoms with E-state index in [4.69, 9.17) is 10.5 Å². The molecule has 0 fully saturated rings. The van der Waals surface area contributed by atoms with Gasteiger partial charge < -0.3 is 10.5 Å². The van der Waals surface area contributed by atoms with Gasteiger partial charge in [0.1, 0.15) is 0 Å². The summed E-state index contributed by atoms with van der Waals surface area (Å²) in [5.41, 5.74) is 7.21. The predicted molar refractivity (Wildman–Crippen MR) is 70.4 cm³/mol. The number of rotatable bonds is 6. The Morgan fingerprint density at radius 2 is 2.00 bits per heavy atom. The minimum absolute atomic E-state index is 0.294. The van der Waals surface area contributed by atoms with Crippen LogP contribution >= 0.6 is 0 Å². The lowest BCUT2D eigenvalue weighted by Crippen LogP contribution is -2.01. The first-order chi connectivity index (χ1) is 8.22. The summed E-state index contributed by atoms with van der Waals surface area (Å²) in [6.45, 7) is 2.61. The van der Waals surface area contributed by atoms with Crippen molar-refractivity contribution in [3.8, 4) is 0 Å². The van der Waals surface area contributed by atoms with Crippen molar-refractivity contribution < 1.29 is 9.53 Å². The molecular weight excluding hydrogens is 214 g/mol. The van der Waals surface area contributed by atoms with E-state index in [9.17, 15) is 4.79 Å². The molecule has 2 N–H and O–H groups in total. The zero-order valence-corrected chi connectivity index (χ0v) is 10.2. The quantitative estimate of drug-likeness (QED) is 0.355. The number of benzene rings is 1. The Morgan fingerprint density at radius 3 is 2.65 bits per heavy atom. The number of esters is 1. The Balaban J connectivity index is 2.32. The van der Waals surface area contributed by atoms with Crippen molar-refractivity contribution in [3.63, 3.8) is 0 Å². The van der Waals surface area contributed by atoms with Gasteiger partial charge >= 0.3 is 5.97 Å². The van der Waals surface area contributed by atoms with Gasteiger partial charge in [-0.15, -0.1) is 0 Å². The van der Waals surface area contributed by atoms with Gasteiger partial charge in [0, 0.05) is 11.8 Å². The highest BCUT2D eigenvalue weighted by Crippen LogP contribution is 2.07. The Kier molecular flexibility index (Phi) is 5.86. The van der Waals surface area contributed by atoms with Crippen LogP contribution in [0.15, 0.2) is 30.3 Å². The van der Waals surface area contributed by atoms with Gasteiger partial charge in [-0.2, -0.15) is 0 Å². The molecule has 0 bridgehead atoms. The van der Waals surface area contributed by atoms with E-state index in [0.29, 0.717) is 12.3 Å². The third-order valence-electron chi connectivity index (χ3n) is 2.34. The van der Waals surface area contributed by atoms with Crippen LogP contribution in [0.1, 0.15) is 31.7 Å². The molecular formula is C14H19NO2. The summed E-state index contributed by atoms with van der Waals surface area (Å²) in [7, 11) is 0. The zero-order valence-electron chi connectivity index (χ0n) is 10.2. The van der Waals surface area contributed by atoms with Gasteiger partial charge in [-0.05, 0) is 30.2 Å². The second-order valence-electron chi connectivity index (χ2n) is 3.87. The van der Waals surface area contributed by atoms with E-state index in [0.717, 1.165) is 24.8 Å². The Bertz CT molecular complexity index is 368. The van der Waals surface area contributed by atoms with Crippen LogP contribution in [-0.2, 0) is 9.53 Å². The maximum absolute atomic E-state index is 11.3. The van der Waals surface area contributed by atoms with Crippen LogP contribution in [0.2, 0.25) is 0 Å². The predicted octanol–water partition coefficient (Wildman–Crippen LogP) is 3.02. The standard InChI is InChI=1S/C14H19NO2/c1-2-3-4-11-17-14(16)10-7-12-5-8-13(15)9-6-12/h5-10H,2-4,11,15H2,1H3/b10-7+. The molecule has 3 nitrogen and oxygen atoms in total. The molecule has 0 saturated carbocycles. The van der Waals surface area contributed by atoms with Crippen molar-refractivity contribution in [3.05, 3.63) is 35.9 Å². The van der Waals surface area contributed by atoms with Crippen LogP contribution in [0.3, 0.4) is 0 Å². The lowest BCUT2D eigenvalue weighted by molar-refractivity contribution is -0.137. The topological polar surface area (TPSA) is 52.3 Å². The average Bonchev–Trinajstić information content (AvgIpc) is 2.34. The number of unbranched alkanes of at least 4 members (excludes halogenated alkanes) is 2. The third kappa shape index (κ3) is 5.76. The van der Waals surface area contributed by atoms with Crippen molar-refractivity contribution in [2.45, 2.75) is 26.2 Å². The molecule has 92 valence electrons. The highest BCUT2D eigenvalue weighted by molar-refractivity contribution is 5.87. The highest BCUT2D eigenvalue weighted by atomic mass is 16.5. The average molecular weight is 233 g/mol. The monoisotopic (exact) mass is 233 g/mol. The van der Waals surface area contributed by atoms with Crippen LogP contribution in [0.25, 0.3) is 6.08 Å². The van der Waals surface area contributed by atoms with Crippen LogP contribution in [0.5, 0.6) is 0 Å². The summed E-state index contributed by atoms with van der Waals surface area (Å²) >= 11 is 0. The molecule has 0 saturated heterocycles. The summed E-state index contributed by atoms with van der Waals surface area (Å²) < 4.78 is 5.04. The fraction of sp³-hybridized carbons (Fsp3) is 0.357. The van der Waals surface area contributed by atoms with E-state index < -0.39 is 0 Å². The molecule has 17 heavy (non-hydrogen) atoms. The maximum atomic E-state index is 11.3. The Labute approximate surface area is 102 Å². The fourth-order valence-corrected chi connectivity index (χ4v) is 1.34. The number of hydrogen-bond donors (Lipinski definition) is 1. The summed E-state index contributed by atoms with van der Waals surface area (Å²) in [4.78, 5) is 11.3. The molecule has 0 aromatic heterocycles. The Morgan fingerprint density at radius 1 is 1.29 bits per heavy atom. The van der Waals surface area contributed by atoms with Crippen molar-refractivity contribution in [2.75, 3.05) is 12.3 Å². The molecule has 0 unspecified atom stereocenters. The summed E-state index contributed by atoms with van der Waals surface area (Å²) in [6, 6.07) is 7.31. The van der Waals surface area contributed by atoms with E-state index in [1.165, 1.54) is 6.08 Å². The number of nitrogens with two attached hydrogens (primary N) is 1. The normalized spacial score (nSPS) is 10.6. The molecule has 1 rings (SSSR count). The second kappa shape index (κ2) is 7.49. The van der Waals surface area contributed by atoms with Crippen molar-refractivity contribution >= 4 is 17.7 Å². The lowest BCUT2D eigenvalue weighted by atomic mass is 10.2. The molecule has 3 heteroatoms. The number of hydrogen-bond acceptors (Lipinski definition) is 3. The maximum Gasteiger partial charge on any atom is 0.330 e. The van der Waals surface area contributed by atoms with Crippen LogP contribution < -0.4 is 5.73 Å². The minimum Gasteiger partial charge on any atom is -0.463 e. The molecule has 0 aliphatic carbocycles. The molecule has 1 aromatic carbocycles. The second-order valence-corrected chi connectivity index (χ2v) is 3.87. The lowest BCUT2D eigenvalue weighted by Gasteiger charge is -2.00. The minimum atomic E-state index is -0.294. The van der Waals surface area contributed by atoms with Crippen LogP contribution in [-0.4, -0.2) is 12.6 Å². The van der Waals surface area contributed by atoms with Crippen LogP contribution in [0.4, 0.5) is 5.69 Å². The summed E-state index contributed by atoms with van der Waals surface area (Å²) in [6.07, 6.45) is 6.31. The van der Waals surface area contributed by atoms with Gasteiger partial charge in [-0.25, -0.2) is 4.79 Å². The van der Waals surface area contributed by atoms with Crippen molar-refractivity contribution in [2.24, 2.45) is 0 Å². The summed E-state index contributed by atoms with van der Waals surface area (Å²) in [5.74, 6) is -0.294. The molecule has 0 spiro atoms. The molecule has 1 aromatic rings. The van der Waals surface area contributed by atoms with Gasteiger partial charge in [0.2, 0.25) is 0 Å². The molecule has 0 atom stereocenters. The smallest absolute Gasteiger partial charge is 0.330 e. The van der Waals surface area contributed by atoms with E-state index in [2.05, 4.69) is 6.92 Å². The van der Waals surface area contributed by atoms with E-state index in [-0.39, 0.29) is 5.97 Å². The van der Waals surface area contributed by atoms with E-state index >= 15 is 0 Å². The van der Waals surface area contributed by atoms with Crippen molar-refractivity contribution in [1.29, 1.82) is 0 Å². The first-order valence-corrected chi connectivity index (χ1v) is 5.92. The Hall–Kier alpha value is -1.77. The van der Waals surface area contributed by atoms with Gasteiger partial charge in [0.05, 0.1) is 6.61 Å². The molecule has 0 amide bonds. The van der Waals surface area contributed by atoms with E-state index in [1.807, 2.05) is 12.1 Å². The van der Waals surface area contributed by atoms with Crippen LogP contribution in [0, 0.1) is 0 Å². The molecule has 0 radical (unpaired) electrons.